The van der Waals surface area contributed by atoms with Crippen LogP contribution in [-0.4, -0.2) is 22.2 Å². The number of hydrogen-bond acceptors (Lipinski definition) is 5. The monoisotopic (exact) mass is 295 g/mol. The van der Waals surface area contributed by atoms with Gasteiger partial charge in [-0.3, -0.25) is 10.1 Å². The zero-order valence-corrected chi connectivity index (χ0v) is 11.9. The van der Waals surface area contributed by atoms with Crippen molar-refractivity contribution in [3.8, 4) is 5.75 Å². The first-order chi connectivity index (χ1) is 9.60. The molecule has 1 amide bonds. The molecule has 0 saturated heterocycles. The van der Waals surface area contributed by atoms with Crippen LogP contribution in [0.15, 0.2) is 24.3 Å². The molecular formula is C13H14FN3O2S. The summed E-state index contributed by atoms with van der Waals surface area (Å²) in [5, 5.41) is 11.4. The highest BCUT2D eigenvalue weighted by molar-refractivity contribution is 7.15. The molecule has 0 saturated carbocycles. The summed E-state index contributed by atoms with van der Waals surface area (Å²) in [7, 11) is 0. The van der Waals surface area contributed by atoms with Crippen LogP contribution in [-0.2, 0) is 4.79 Å². The average molecular weight is 295 g/mol. The van der Waals surface area contributed by atoms with Gasteiger partial charge >= 0.3 is 0 Å². The summed E-state index contributed by atoms with van der Waals surface area (Å²) in [5.41, 5.74) is 0. The van der Waals surface area contributed by atoms with Crippen LogP contribution in [0.3, 0.4) is 0 Å². The third-order valence-corrected chi connectivity index (χ3v) is 3.28. The second kappa shape index (κ2) is 6.42. The fourth-order valence-corrected chi connectivity index (χ4v) is 2.14. The van der Waals surface area contributed by atoms with E-state index in [9.17, 15) is 9.18 Å². The molecule has 2 rings (SSSR count). The first kappa shape index (κ1) is 14.4. The number of amides is 1. The molecule has 0 radical (unpaired) electrons. The van der Waals surface area contributed by atoms with Crippen molar-refractivity contribution in [3.63, 3.8) is 0 Å². The third-order valence-electron chi connectivity index (χ3n) is 2.53. The Balaban J connectivity index is 2.04. The predicted molar refractivity (Wildman–Crippen MR) is 74.4 cm³/mol. The van der Waals surface area contributed by atoms with E-state index in [0.29, 0.717) is 11.6 Å². The van der Waals surface area contributed by atoms with E-state index in [0.717, 1.165) is 5.01 Å². The second-order valence-electron chi connectivity index (χ2n) is 4.06. The maximum absolute atomic E-state index is 13.5. The highest BCUT2D eigenvalue weighted by Crippen LogP contribution is 2.19. The van der Waals surface area contributed by atoms with Crippen molar-refractivity contribution in [2.75, 3.05) is 5.32 Å². The lowest BCUT2D eigenvalue weighted by atomic mass is 10.2. The van der Waals surface area contributed by atoms with Crippen molar-refractivity contribution in [1.29, 1.82) is 0 Å². The molecule has 0 aliphatic heterocycles. The molecule has 0 aliphatic rings. The maximum atomic E-state index is 13.5. The highest BCUT2D eigenvalue weighted by atomic mass is 32.1. The van der Waals surface area contributed by atoms with Gasteiger partial charge in [-0.2, -0.15) is 0 Å². The van der Waals surface area contributed by atoms with Crippen LogP contribution in [0.4, 0.5) is 9.52 Å². The summed E-state index contributed by atoms with van der Waals surface area (Å²) in [4.78, 5) is 12.0. The number of halogens is 1. The molecular weight excluding hydrogens is 281 g/mol. The second-order valence-corrected chi connectivity index (χ2v) is 5.24. The van der Waals surface area contributed by atoms with E-state index in [-0.39, 0.29) is 11.7 Å². The molecule has 106 valence electrons. The molecule has 5 nitrogen and oxygen atoms in total. The number of nitrogens with zero attached hydrogens (tertiary/aromatic N) is 2. The zero-order chi connectivity index (χ0) is 14.5. The molecule has 1 heterocycles. The summed E-state index contributed by atoms with van der Waals surface area (Å²) in [6.45, 7) is 3.58. The molecule has 1 N–H and O–H groups in total. The lowest BCUT2D eigenvalue weighted by Gasteiger charge is -2.16. The van der Waals surface area contributed by atoms with Gasteiger partial charge in [0.05, 0.1) is 0 Å². The molecule has 7 heteroatoms. The van der Waals surface area contributed by atoms with Crippen LogP contribution < -0.4 is 10.1 Å². The van der Waals surface area contributed by atoms with Gasteiger partial charge in [-0.25, -0.2) is 4.39 Å². The Morgan fingerprint density at radius 3 is 2.80 bits per heavy atom. The molecule has 0 aliphatic carbocycles. The summed E-state index contributed by atoms with van der Waals surface area (Å²) < 4.78 is 18.9. The molecule has 20 heavy (non-hydrogen) atoms. The Morgan fingerprint density at radius 2 is 2.20 bits per heavy atom. The van der Waals surface area contributed by atoms with Gasteiger partial charge in [0.15, 0.2) is 17.7 Å². The largest absolute Gasteiger partial charge is 0.478 e. The molecule has 0 bridgehead atoms. The van der Waals surface area contributed by atoms with E-state index in [2.05, 4.69) is 15.5 Å². The fraction of sp³-hybridized carbons (Fsp3) is 0.308. The SMILES string of the molecule is CCC(Oc1ccccc1F)C(=O)Nc1nnc(C)s1. The standard InChI is InChI=1S/C13H14FN3O2S/c1-3-10(19-11-7-5-4-6-9(11)14)12(18)15-13-17-16-8(2)20-13/h4-7,10H,3H2,1-2H3,(H,15,17,18). The molecule has 1 atom stereocenters. The Bertz CT molecular complexity index is 603. The Morgan fingerprint density at radius 1 is 1.45 bits per heavy atom. The number of rotatable bonds is 5. The van der Waals surface area contributed by atoms with Gasteiger partial charge in [0.1, 0.15) is 5.01 Å². The molecule has 1 unspecified atom stereocenters. The highest BCUT2D eigenvalue weighted by Gasteiger charge is 2.21. The van der Waals surface area contributed by atoms with Crippen molar-refractivity contribution in [2.24, 2.45) is 0 Å². The number of aryl methyl sites for hydroxylation is 1. The number of para-hydroxylation sites is 1. The van der Waals surface area contributed by atoms with Crippen molar-refractivity contribution >= 4 is 22.4 Å². The van der Waals surface area contributed by atoms with E-state index in [1.54, 1.807) is 26.0 Å². The van der Waals surface area contributed by atoms with Gasteiger partial charge in [-0.1, -0.05) is 30.4 Å². The van der Waals surface area contributed by atoms with Crippen LogP contribution in [0.1, 0.15) is 18.4 Å². The number of nitrogens with one attached hydrogen (secondary N) is 1. The van der Waals surface area contributed by atoms with Gasteiger partial charge < -0.3 is 4.74 Å². The van der Waals surface area contributed by atoms with Crippen molar-refractivity contribution in [2.45, 2.75) is 26.4 Å². The summed E-state index contributed by atoms with van der Waals surface area (Å²) in [6.07, 6.45) is -0.367. The number of benzene rings is 1. The van der Waals surface area contributed by atoms with Crippen LogP contribution in [0.2, 0.25) is 0 Å². The number of anilines is 1. The first-order valence-electron chi connectivity index (χ1n) is 6.12. The number of carbonyl (C=O) groups excluding carboxylic acids is 1. The van der Waals surface area contributed by atoms with Gasteiger partial charge in [-0.05, 0) is 25.5 Å². The van der Waals surface area contributed by atoms with Crippen molar-refractivity contribution < 1.29 is 13.9 Å². The Labute approximate surface area is 119 Å². The molecule has 2 aromatic rings. The average Bonchev–Trinajstić information content (AvgIpc) is 2.83. The topological polar surface area (TPSA) is 64.1 Å². The minimum absolute atomic E-state index is 0.0583. The van der Waals surface area contributed by atoms with Gasteiger partial charge in [0, 0.05) is 0 Å². The number of hydrogen-bond donors (Lipinski definition) is 1. The van der Waals surface area contributed by atoms with Crippen LogP contribution >= 0.6 is 11.3 Å². The lowest BCUT2D eigenvalue weighted by Crippen LogP contribution is -2.32. The quantitative estimate of drug-likeness (QED) is 0.921. The van der Waals surface area contributed by atoms with Crippen molar-refractivity contribution in [3.05, 3.63) is 35.1 Å². The maximum Gasteiger partial charge on any atom is 0.267 e. The van der Waals surface area contributed by atoms with Crippen molar-refractivity contribution in [1.82, 2.24) is 10.2 Å². The normalized spacial score (nSPS) is 11.9. The van der Waals surface area contributed by atoms with E-state index in [1.165, 1.54) is 23.5 Å². The number of aromatic nitrogens is 2. The van der Waals surface area contributed by atoms with Crippen LogP contribution in [0.5, 0.6) is 5.75 Å². The molecule has 1 aromatic heterocycles. The Kier molecular flexibility index (Phi) is 4.62. The minimum atomic E-state index is -0.781. The molecule has 0 spiro atoms. The Hall–Kier alpha value is -2.02. The van der Waals surface area contributed by atoms with Gasteiger partial charge in [0.25, 0.3) is 5.91 Å². The summed E-state index contributed by atoms with van der Waals surface area (Å²) in [6, 6.07) is 5.98. The third kappa shape index (κ3) is 3.51. The minimum Gasteiger partial charge on any atom is -0.478 e. The van der Waals surface area contributed by atoms with E-state index < -0.39 is 11.9 Å². The van der Waals surface area contributed by atoms with Crippen LogP contribution in [0.25, 0.3) is 0 Å². The fourth-order valence-electron chi connectivity index (χ4n) is 1.55. The smallest absolute Gasteiger partial charge is 0.267 e. The van der Waals surface area contributed by atoms with E-state index in [4.69, 9.17) is 4.74 Å². The molecule has 1 aromatic carbocycles. The van der Waals surface area contributed by atoms with Gasteiger partial charge in [0.2, 0.25) is 5.13 Å². The van der Waals surface area contributed by atoms with E-state index in [1.807, 2.05) is 0 Å². The number of carbonyl (C=O) groups is 1. The number of ether oxygens (including phenoxy) is 1. The molecule has 0 fully saturated rings. The zero-order valence-electron chi connectivity index (χ0n) is 11.1. The lowest BCUT2D eigenvalue weighted by molar-refractivity contribution is -0.122. The van der Waals surface area contributed by atoms with Crippen LogP contribution in [0, 0.1) is 12.7 Å². The van der Waals surface area contributed by atoms with Gasteiger partial charge in [-0.15, -0.1) is 10.2 Å². The summed E-state index contributed by atoms with van der Waals surface area (Å²) >= 11 is 1.27. The summed E-state index contributed by atoms with van der Waals surface area (Å²) in [5.74, 6) is -0.805. The first-order valence-corrected chi connectivity index (χ1v) is 6.94. The predicted octanol–water partition coefficient (Wildman–Crippen LogP) is 2.78. The van der Waals surface area contributed by atoms with E-state index >= 15 is 0 Å².